The molecule has 0 aromatic heterocycles. The van der Waals surface area contributed by atoms with Gasteiger partial charge >= 0.3 is 18.0 Å². The standard InChI is InChI=1S/C16H21F3N2O3/c1-2-4-11(7-8-22)10-20-14(23)15(24)21-13-6-3-5-12(9-13)16(17,18)19/h3,5-6,9,11,22H,2,4,7-8,10H2,1H3,(H,20,23)(H,21,24). The number of alkyl halides is 3. The van der Waals surface area contributed by atoms with Crippen molar-refractivity contribution in [3.05, 3.63) is 29.8 Å². The number of carbonyl (C=O) groups excluding carboxylic acids is 2. The summed E-state index contributed by atoms with van der Waals surface area (Å²) in [6.07, 6.45) is -2.36. The highest BCUT2D eigenvalue weighted by Gasteiger charge is 2.30. The van der Waals surface area contributed by atoms with E-state index in [1.165, 1.54) is 6.07 Å². The van der Waals surface area contributed by atoms with Crippen LogP contribution in [0.2, 0.25) is 0 Å². The quantitative estimate of drug-likeness (QED) is 0.664. The van der Waals surface area contributed by atoms with E-state index >= 15 is 0 Å². The first-order valence-electron chi connectivity index (χ1n) is 7.65. The zero-order valence-corrected chi connectivity index (χ0v) is 13.3. The molecule has 0 saturated heterocycles. The monoisotopic (exact) mass is 346 g/mol. The predicted octanol–water partition coefficient (Wildman–Crippen LogP) is 2.56. The van der Waals surface area contributed by atoms with Crippen LogP contribution in [-0.4, -0.2) is 30.1 Å². The highest BCUT2D eigenvalue weighted by molar-refractivity contribution is 6.39. The van der Waals surface area contributed by atoms with Gasteiger partial charge in [0.05, 0.1) is 5.56 Å². The minimum absolute atomic E-state index is 0.0169. The van der Waals surface area contributed by atoms with E-state index in [0.717, 1.165) is 31.0 Å². The van der Waals surface area contributed by atoms with Gasteiger partial charge < -0.3 is 15.7 Å². The molecular formula is C16H21F3N2O3. The molecule has 24 heavy (non-hydrogen) atoms. The van der Waals surface area contributed by atoms with E-state index in [0.29, 0.717) is 6.42 Å². The van der Waals surface area contributed by atoms with E-state index in [1.54, 1.807) is 0 Å². The maximum absolute atomic E-state index is 12.6. The van der Waals surface area contributed by atoms with E-state index in [9.17, 15) is 22.8 Å². The van der Waals surface area contributed by atoms with Crippen LogP contribution < -0.4 is 10.6 Å². The summed E-state index contributed by atoms with van der Waals surface area (Å²) in [6, 6.07) is 4.05. The number of hydrogen-bond acceptors (Lipinski definition) is 3. The molecule has 8 heteroatoms. The summed E-state index contributed by atoms with van der Waals surface area (Å²) in [5.74, 6) is -1.91. The maximum Gasteiger partial charge on any atom is 0.416 e. The number of anilines is 1. The second-order valence-electron chi connectivity index (χ2n) is 5.41. The summed E-state index contributed by atoms with van der Waals surface area (Å²) in [6.45, 7) is 2.17. The minimum atomic E-state index is -4.53. The van der Waals surface area contributed by atoms with Gasteiger partial charge in [-0.05, 0) is 37.0 Å². The molecule has 0 saturated carbocycles. The third kappa shape index (κ3) is 6.57. The number of halogens is 3. The van der Waals surface area contributed by atoms with Crippen molar-refractivity contribution in [2.45, 2.75) is 32.4 Å². The number of aliphatic hydroxyl groups is 1. The number of benzene rings is 1. The topological polar surface area (TPSA) is 78.4 Å². The summed E-state index contributed by atoms with van der Waals surface area (Å²) < 4.78 is 37.8. The van der Waals surface area contributed by atoms with Crippen LogP contribution in [0.15, 0.2) is 24.3 Å². The Kier molecular flexibility index (Phi) is 7.70. The van der Waals surface area contributed by atoms with E-state index in [-0.39, 0.29) is 24.8 Å². The molecule has 0 spiro atoms. The fraction of sp³-hybridized carbons (Fsp3) is 0.500. The van der Waals surface area contributed by atoms with Gasteiger partial charge in [0.1, 0.15) is 0 Å². The van der Waals surface area contributed by atoms with Crippen LogP contribution in [0.4, 0.5) is 18.9 Å². The molecule has 1 aromatic rings. The highest BCUT2D eigenvalue weighted by Crippen LogP contribution is 2.30. The van der Waals surface area contributed by atoms with Crippen molar-refractivity contribution in [2.75, 3.05) is 18.5 Å². The third-order valence-electron chi connectivity index (χ3n) is 3.44. The Hall–Kier alpha value is -2.09. The third-order valence-corrected chi connectivity index (χ3v) is 3.44. The van der Waals surface area contributed by atoms with Gasteiger partial charge in [0.15, 0.2) is 0 Å². The molecule has 0 aliphatic heterocycles. The van der Waals surface area contributed by atoms with Crippen molar-refractivity contribution >= 4 is 17.5 Å². The van der Waals surface area contributed by atoms with Gasteiger partial charge in [-0.25, -0.2) is 0 Å². The molecule has 0 heterocycles. The van der Waals surface area contributed by atoms with Gasteiger partial charge in [-0.15, -0.1) is 0 Å². The SMILES string of the molecule is CCCC(CCO)CNC(=O)C(=O)Nc1cccc(C(F)(F)F)c1. The lowest BCUT2D eigenvalue weighted by Crippen LogP contribution is -2.38. The van der Waals surface area contributed by atoms with Crippen molar-refractivity contribution < 1.29 is 27.9 Å². The average Bonchev–Trinajstić information content (AvgIpc) is 2.52. The van der Waals surface area contributed by atoms with Crippen molar-refractivity contribution in [1.29, 1.82) is 0 Å². The number of amides is 2. The van der Waals surface area contributed by atoms with E-state index in [1.807, 2.05) is 6.92 Å². The Labute approximate surface area is 138 Å². The molecule has 0 radical (unpaired) electrons. The lowest BCUT2D eigenvalue weighted by molar-refractivity contribution is -0.137. The van der Waals surface area contributed by atoms with Crippen LogP contribution in [0, 0.1) is 5.92 Å². The molecule has 1 aromatic carbocycles. The number of aliphatic hydroxyl groups excluding tert-OH is 1. The molecule has 0 fully saturated rings. The zero-order valence-electron chi connectivity index (χ0n) is 13.3. The number of nitrogens with one attached hydrogen (secondary N) is 2. The Morgan fingerprint density at radius 3 is 2.50 bits per heavy atom. The first-order valence-corrected chi connectivity index (χ1v) is 7.65. The van der Waals surface area contributed by atoms with Crippen LogP contribution in [0.1, 0.15) is 31.7 Å². The van der Waals surface area contributed by atoms with Crippen LogP contribution in [-0.2, 0) is 15.8 Å². The molecule has 5 nitrogen and oxygen atoms in total. The van der Waals surface area contributed by atoms with Gasteiger partial charge in [-0.1, -0.05) is 19.4 Å². The van der Waals surface area contributed by atoms with Crippen LogP contribution >= 0.6 is 0 Å². The molecule has 0 aliphatic carbocycles. The fourth-order valence-electron chi connectivity index (χ4n) is 2.22. The summed E-state index contributed by atoms with van der Waals surface area (Å²) >= 11 is 0. The van der Waals surface area contributed by atoms with Crippen LogP contribution in [0.25, 0.3) is 0 Å². The molecule has 1 atom stereocenters. The highest BCUT2D eigenvalue weighted by atomic mass is 19.4. The first kappa shape index (κ1) is 20.0. The van der Waals surface area contributed by atoms with Gasteiger partial charge in [-0.2, -0.15) is 13.2 Å². The second kappa shape index (κ2) is 9.27. The summed E-state index contributed by atoms with van der Waals surface area (Å²) in [5, 5.41) is 13.5. The van der Waals surface area contributed by atoms with Crippen LogP contribution in [0.5, 0.6) is 0 Å². The Balaban J connectivity index is 2.59. The fourth-order valence-corrected chi connectivity index (χ4v) is 2.22. The Morgan fingerprint density at radius 1 is 1.21 bits per heavy atom. The molecular weight excluding hydrogens is 325 g/mol. The van der Waals surface area contributed by atoms with E-state index < -0.39 is 23.6 Å². The number of hydrogen-bond donors (Lipinski definition) is 3. The van der Waals surface area contributed by atoms with Crippen LogP contribution in [0.3, 0.4) is 0 Å². The molecule has 134 valence electrons. The van der Waals surface area contributed by atoms with Crippen molar-refractivity contribution in [1.82, 2.24) is 5.32 Å². The normalized spacial score (nSPS) is 12.5. The summed E-state index contributed by atoms with van der Waals surface area (Å²) in [7, 11) is 0. The van der Waals surface area contributed by atoms with E-state index in [4.69, 9.17) is 5.11 Å². The second-order valence-corrected chi connectivity index (χ2v) is 5.41. The first-order chi connectivity index (χ1) is 11.3. The molecule has 2 amide bonds. The van der Waals surface area contributed by atoms with Crippen molar-refractivity contribution in [3.8, 4) is 0 Å². The van der Waals surface area contributed by atoms with Crippen molar-refractivity contribution in [3.63, 3.8) is 0 Å². The average molecular weight is 346 g/mol. The maximum atomic E-state index is 12.6. The molecule has 3 N–H and O–H groups in total. The zero-order chi connectivity index (χ0) is 18.2. The smallest absolute Gasteiger partial charge is 0.396 e. The van der Waals surface area contributed by atoms with E-state index in [2.05, 4.69) is 10.6 Å². The van der Waals surface area contributed by atoms with Gasteiger partial charge in [0.25, 0.3) is 0 Å². The number of carbonyl (C=O) groups is 2. The minimum Gasteiger partial charge on any atom is -0.396 e. The largest absolute Gasteiger partial charge is 0.416 e. The van der Waals surface area contributed by atoms with Gasteiger partial charge in [0, 0.05) is 18.8 Å². The summed E-state index contributed by atoms with van der Waals surface area (Å²) in [4.78, 5) is 23.5. The predicted molar refractivity (Wildman–Crippen MR) is 83.2 cm³/mol. The molecule has 1 rings (SSSR count). The Bertz CT molecular complexity index is 556. The van der Waals surface area contributed by atoms with Gasteiger partial charge in [-0.3, -0.25) is 9.59 Å². The molecule has 0 aliphatic rings. The summed E-state index contributed by atoms with van der Waals surface area (Å²) in [5.41, 5.74) is -1.02. The Morgan fingerprint density at radius 2 is 1.92 bits per heavy atom. The molecule has 1 unspecified atom stereocenters. The lowest BCUT2D eigenvalue weighted by Gasteiger charge is -2.15. The van der Waals surface area contributed by atoms with Crippen molar-refractivity contribution in [2.24, 2.45) is 5.92 Å². The number of rotatable bonds is 7. The molecule has 0 bridgehead atoms. The lowest BCUT2D eigenvalue weighted by atomic mass is 10.0. The van der Waals surface area contributed by atoms with Gasteiger partial charge in [0.2, 0.25) is 0 Å².